The van der Waals surface area contributed by atoms with Crippen LogP contribution in [0.3, 0.4) is 0 Å². The fraction of sp³-hybridized carbons (Fsp3) is 0.909. The van der Waals surface area contributed by atoms with Crippen LogP contribution in [-0.4, -0.2) is 40.8 Å². The highest BCUT2D eigenvalue weighted by molar-refractivity contribution is 5.78. The van der Waals surface area contributed by atoms with Gasteiger partial charge in [-0.05, 0) is 32.9 Å². The molecule has 0 aromatic heterocycles. The lowest BCUT2D eigenvalue weighted by Crippen LogP contribution is -2.52. The molecule has 3 nitrogen and oxygen atoms in total. The van der Waals surface area contributed by atoms with Crippen molar-refractivity contribution in [1.29, 1.82) is 0 Å². The molecule has 102 valence electrons. The number of likely N-dealkylation sites (N-methyl/N-ethyl adjacent to an activating group) is 1. The molecular weight excluding hydrogens is 235 g/mol. The molecule has 17 heavy (non-hydrogen) atoms. The molecule has 0 saturated heterocycles. The first-order valence-corrected chi connectivity index (χ1v) is 5.72. The molecule has 0 rings (SSSR count). The molecular formula is C11H20F3NO2. The van der Waals surface area contributed by atoms with Crippen molar-refractivity contribution in [3.8, 4) is 0 Å². The number of aliphatic carboxylic acids is 1. The number of halogens is 3. The number of carbonyl (C=O) groups is 1. The third kappa shape index (κ3) is 4.93. The molecule has 0 fully saturated rings. The maximum Gasteiger partial charge on any atom is 0.389 e. The molecule has 0 aliphatic heterocycles. The summed E-state index contributed by atoms with van der Waals surface area (Å²) >= 11 is 0. The summed E-state index contributed by atoms with van der Waals surface area (Å²) in [5, 5.41) is 9.17. The van der Waals surface area contributed by atoms with Crippen molar-refractivity contribution in [2.75, 3.05) is 13.1 Å². The van der Waals surface area contributed by atoms with Gasteiger partial charge in [0.2, 0.25) is 0 Å². The maximum atomic E-state index is 12.0. The van der Waals surface area contributed by atoms with Gasteiger partial charge < -0.3 is 5.11 Å². The lowest BCUT2D eigenvalue weighted by molar-refractivity contribution is -0.154. The van der Waals surface area contributed by atoms with Crippen molar-refractivity contribution in [1.82, 2.24) is 4.90 Å². The first kappa shape index (κ1) is 16.2. The van der Waals surface area contributed by atoms with E-state index in [4.69, 9.17) is 0 Å². The topological polar surface area (TPSA) is 40.5 Å². The molecule has 0 radical (unpaired) electrons. The van der Waals surface area contributed by atoms with Crippen LogP contribution in [0.2, 0.25) is 0 Å². The number of carboxylic acid groups (broad SMARTS) is 1. The Balaban J connectivity index is 4.58. The van der Waals surface area contributed by atoms with Gasteiger partial charge in [-0.2, -0.15) is 13.2 Å². The molecule has 6 heteroatoms. The SMILES string of the molecule is CCN(CC)C(C)(CCCC(F)(F)F)C(=O)O. The van der Waals surface area contributed by atoms with Gasteiger partial charge in [-0.3, -0.25) is 9.69 Å². The van der Waals surface area contributed by atoms with E-state index in [9.17, 15) is 23.1 Å². The fourth-order valence-electron chi connectivity index (χ4n) is 1.95. The first-order chi connectivity index (χ1) is 7.67. The van der Waals surface area contributed by atoms with Crippen molar-refractivity contribution in [3.63, 3.8) is 0 Å². The average molecular weight is 255 g/mol. The zero-order chi connectivity index (χ0) is 13.7. The van der Waals surface area contributed by atoms with Crippen LogP contribution in [0.25, 0.3) is 0 Å². The highest BCUT2D eigenvalue weighted by Crippen LogP contribution is 2.28. The number of nitrogens with zero attached hydrogens (tertiary/aromatic N) is 1. The summed E-state index contributed by atoms with van der Waals surface area (Å²) in [5.41, 5.74) is -1.21. The Bertz CT molecular complexity index is 252. The van der Waals surface area contributed by atoms with Crippen LogP contribution in [0.4, 0.5) is 13.2 Å². The number of rotatable bonds is 7. The highest BCUT2D eigenvalue weighted by Gasteiger charge is 2.38. The molecule has 0 spiro atoms. The van der Waals surface area contributed by atoms with E-state index in [2.05, 4.69) is 0 Å². The van der Waals surface area contributed by atoms with E-state index in [0.29, 0.717) is 13.1 Å². The molecule has 1 unspecified atom stereocenters. The van der Waals surface area contributed by atoms with E-state index < -0.39 is 24.1 Å². The van der Waals surface area contributed by atoms with E-state index in [-0.39, 0.29) is 12.8 Å². The van der Waals surface area contributed by atoms with Crippen LogP contribution in [0, 0.1) is 0 Å². The van der Waals surface area contributed by atoms with Gasteiger partial charge in [-0.1, -0.05) is 13.8 Å². The lowest BCUT2D eigenvalue weighted by atomic mass is 9.92. The van der Waals surface area contributed by atoms with Crippen LogP contribution in [0.15, 0.2) is 0 Å². The van der Waals surface area contributed by atoms with E-state index in [1.54, 1.807) is 18.7 Å². The smallest absolute Gasteiger partial charge is 0.389 e. The van der Waals surface area contributed by atoms with Crippen LogP contribution >= 0.6 is 0 Å². The molecule has 0 saturated carbocycles. The predicted molar refractivity (Wildman–Crippen MR) is 58.9 cm³/mol. The van der Waals surface area contributed by atoms with E-state index in [0.717, 1.165) is 0 Å². The number of hydrogen-bond donors (Lipinski definition) is 1. The third-order valence-corrected chi connectivity index (χ3v) is 3.05. The molecule has 0 aromatic carbocycles. The van der Waals surface area contributed by atoms with Crippen molar-refractivity contribution < 1.29 is 23.1 Å². The molecule has 1 atom stereocenters. The minimum atomic E-state index is -4.22. The Labute approximate surface area is 99.6 Å². The Hall–Kier alpha value is -0.780. The van der Waals surface area contributed by atoms with Crippen molar-refractivity contribution in [2.24, 2.45) is 0 Å². The minimum Gasteiger partial charge on any atom is -0.480 e. The van der Waals surface area contributed by atoms with Crippen LogP contribution < -0.4 is 0 Å². The largest absolute Gasteiger partial charge is 0.480 e. The fourth-order valence-corrected chi connectivity index (χ4v) is 1.95. The van der Waals surface area contributed by atoms with Crippen LogP contribution in [-0.2, 0) is 4.79 Å². The molecule has 0 aliphatic rings. The van der Waals surface area contributed by atoms with Crippen LogP contribution in [0.5, 0.6) is 0 Å². The Morgan fingerprint density at radius 3 is 1.94 bits per heavy atom. The molecule has 0 aliphatic carbocycles. The monoisotopic (exact) mass is 255 g/mol. The van der Waals surface area contributed by atoms with E-state index >= 15 is 0 Å². The average Bonchev–Trinajstić information content (AvgIpc) is 2.17. The molecule has 0 aromatic rings. The standard InChI is InChI=1S/C11H20F3NO2/c1-4-15(5-2)10(3,9(16)17)7-6-8-11(12,13)14/h4-8H2,1-3H3,(H,16,17). The zero-order valence-corrected chi connectivity index (χ0v) is 10.5. The van der Waals surface area contributed by atoms with Crippen molar-refractivity contribution >= 4 is 5.97 Å². The second kappa shape index (κ2) is 6.23. The number of carboxylic acids is 1. The summed E-state index contributed by atoms with van der Waals surface area (Å²) in [7, 11) is 0. The Morgan fingerprint density at radius 1 is 1.18 bits per heavy atom. The summed E-state index contributed by atoms with van der Waals surface area (Å²) in [6, 6.07) is 0. The Kier molecular flexibility index (Phi) is 5.95. The van der Waals surface area contributed by atoms with Gasteiger partial charge in [-0.25, -0.2) is 0 Å². The third-order valence-electron chi connectivity index (χ3n) is 3.05. The van der Waals surface area contributed by atoms with Gasteiger partial charge in [0.25, 0.3) is 0 Å². The molecule has 0 bridgehead atoms. The van der Waals surface area contributed by atoms with Crippen LogP contribution in [0.1, 0.15) is 40.0 Å². The van der Waals surface area contributed by atoms with Crippen molar-refractivity contribution in [2.45, 2.75) is 51.7 Å². The summed E-state index contributed by atoms with van der Waals surface area (Å²) < 4.78 is 36.1. The van der Waals surface area contributed by atoms with Gasteiger partial charge >= 0.3 is 12.1 Å². The second-order valence-electron chi connectivity index (χ2n) is 4.22. The maximum absolute atomic E-state index is 12.0. The van der Waals surface area contributed by atoms with Gasteiger partial charge in [0, 0.05) is 6.42 Å². The van der Waals surface area contributed by atoms with Gasteiger partial charge in [0.15, 0.2) is 0 Å². The molecule has 0 amide bonds. The number of alkyl halides is 3. The molecule has 0 heterocycles. The van der Waals surface area contributed by atoms with Crippen molar-refractivity contribution in [3.05, 3.63) is 0 Å². The second-order valence-corrected chi connectivity index (χ2v) is 4.22. The Morgan fingerprint density at radius 2 is 1.65 bits per heavy atom. The predicted octanol–water partition coefficient (Wildman–Crippen LogP) is 2.90. The summed E-state index contributed by atoms with van der Waals surface area (Å²) in [5.74, 6) is -1.07. The summed E-state index contributed by atoms with van der Waals surface area (Å²) in [6.45, 7) is 6.10. The highest BCUT2D eigenvalue weighted by atomic mass is 19.4. The van der Waals surface area contributed by atoms with Gasteiger partial charge in [0.1, 0.15) is 5.54 Å². The quantitative estimate of drug-likeness (QED) is 0.760. The normalized spacial score (nSPS) is 15.9. The number of hydrogen-bond acceptors (Lipinski definition) is 2. The van der Waals surface area contributed by atoms with Gasteiger partial charge in [0.05, 0.1) is 0 Å². The molecule has 1 N–H and O–H groups in total. The lowest BCUT2D eigenvalue weighted by Gasteiger charge is -2.36. The van der Waals surface area contributed by atoms with Gasteiger partial charge in [-0.15, -0.1) is 0 Å². The minimum absolute atomic E-state index is 0.00350. The first-order valence-electron chi connectivity index (χ1n) is 5.72. The summed E-state index contributed by atoms with van der Waals surface area (Å²) in [6.07, 6.45) is -5.31. The van der Waals surface area contributed by atoms with E-state index in [1.807, 2.05) is 0 Å². The zero-order valence-electron chi connectivity index (χ0n) is 10.5. The summed E-state index contributed by atoms with van der Waals surface area (Å²) in [4.78, 5) is 12.9. The van der Waals surface area contributed by atoms with E-state index in [1.165, 1.54) is 6.92 Å².